The molecule has 76 valence electrons. The summed E-state index contributed by atoms with van der Waals surface area (Å²) in [5.74, 6) is 0.295. The van der Waals surface area contributed by atoms with Crippen LogP contribution in [0.25, 0.3) is 0 Å². The maximum atomic E-state index is 13.1. The molecule has 0 bridgehead atoms. The third-order valence-electron chi connectivity index (χ3n) is 3.12. The second-order valence-corrected chi connectivity index (χ2v) is 4.73. The fourth-order valence-electron chi connectivity index (χ4n) is 2.23. The van der Waals surface area contributed by atoms with Crippen molar-refractivity contribution in [2.24, 2.45) is 5.41 Å². The van der Waals surface area contributed by atoms with Crippen LogP contribution < -0.4 is 5.32 Å². The molecule has 0 amide bonds. The van der Waals surface area contributed by atoms with Gasteiger partial charge < -0.3 is 5.32 Å². The van der Waals surface area contributed by atoms with E-state index in [1.807, 2.05) is 6.07 Å². The van der Waals surface area contributed by atoms with Crippen molar-refractivity contribution in [1.29, 1.82) is 0 Å². The van der Waals surface area contributed by atoms with Crippen molar-refractivity contribution in [3.05, 3.63) is 35.6 Å². The highest BCUT2D eigenvalue weighted by atomic mass is 19.1. The molecule has 2 rings (SSSR count). The first-order valence-corrected chi connectivity index (χ1v) is 5.06. The number of hydrogen-bond donors (Lipinski definition) is 1. The molecule has 1 aromatic carbocycles. The first-order chi connectivity index (χ1) is 6.59. The van der Waals surface area contributed by atoms with E-state index in [9.17, 15) is 4.39 Å². The second-order valence-electron chi connectivity index (χ2n) is 4.73. The predicted octanol–water partition coefficient (Wildman–Crippen LogP) is 2.54. The highest BCUT2D eigenvalue weighted by Gasteiger charge is 2.35. The van der Waals surface area contributed by atoms with E-state index in [1.165, 1.54) is 6.07 Å². The number of nitrogens with one attached hydrogen (secondary N) is 1. The molecule has 1 aromatic rings. The van der Waals surface area contributed by atoms with E-state index in [1.54, 1.807) is 12.1 Å². The lowest BCUT2D eigenvalue weighted by Crippen LogP contribution is -2.20. The summed E-state index contributed by atoms with van der Waals surface area (Å²) in [5, 5.41) is 3.36. The summed E-state index contributed by atoms with van der Waals surface area (Å²) in [6.45, 7) is 6.41. The molecule has 1 atom stereocenters. The molecule has 0 aromatic heterocycles. The largest absolute Gasteiger partial charge is 0.316 e. The van der Waals surface area contributed by atoms with Gasteiger partial charge in [-0.1, -0.05) is 26.0 Å². The topological polar surface area (TPSA) is 12.0 Å². The molecule has 1 unspecified atom stereocenters. The lowest BCUT2D eigenvalue weighted by Gasteiger charge is -2.25. The molecule has 14 heavy (non-hydrogen) atoms. The minimum atomic E-state index is -0.134. The minimum absolute atomic E-state index is 0.134. The molecule has 0 aliphatic carbocycles. The SMILES string of the molecule is CC1(C)CNCC1c1cccc(F)c1. The van der Waals surface area contributed by atoms with Gasteiger partial charge in [0.25, 0.3) is 0 Å². The Bertz CT molecular complexity index is 333. The summed E-state index contributed by atoms with van der Waals surface area (Å²) in [7, 11) is 0. The van der Waals surface area contributed by atoms with Crippen molar-refractivity contribution in [1.82, 2.24) is 5.32 Å². The zero-order valence-electron chi connectivity index (χ0n) is 8.68. The number of benzene rings is 1. The van der Waals surface area contributed by atoms with Crippen LogP contribution in [-0.2, 0) is 0 Å². The molecule has 2 heteroatoms. The van der Waals surface area contributed by atoms with Crippen molar-refractivity contribution in [2.45, 2.75) is 19.8 Å². The van der Waals surface area contributed by atoms with E-state index in [4.69, 9.17) is 0 Å². The summed E-state index contributed by atoms with van der Waals surface area (Å²) in [6, 6.07) is 6.96. The Balaban J connectivity index is 2.31. The maximum Gasteiger partial charge on any atom is 0.123 e. The van der Waals surface area contributed by atoms with Gasteiger partial charge in [-0.3, -0.25) is 0 Å². The van der Waals surface area contributed by atoms with Gasteiger partial charge in [-0.15, -0.1) is 0 Å². The van der Waals surface area contributed by atoms with Crippen LogP contribution in [0.5, 0.6) is 0 Å². The standard InChI is InChI=1S/C12H16FN/c1-12(2)8-14-7-11(12)9-4-3-5-10(13)6-9/h3-6,11,14H,7-8H2,1-2H3. The lowest BCUT2D eigenvalue weighted by molar-refractivity contribution is 0.362. The maximum absolute atomic E-state index is 13.1. The molecule has 1 nitrogen and oxygen atoms in total. The number of rotatable bonds is 1. The zero-order chi connectivity index (χ0) is 10.2. The van der Waals surface area contributed by atoms with Crippen molar-refractivity contribution < 1.29 is 4.39 Å². The van der Waals surface area contributed by atoms with Crippen molar-refractivity contribution in [2.75, 3.05) is 13.1 Å². The summed E-state index contributed by atoms with van der Waals surface area (Å²) in [6.07, 6.45) is 0. The molecule has 1 heterocycles. The second kappa shape index (κ2) is 3.35. The van der Waals surface area contributed by atoms with Gasteiger partial charge in [-0.05, 0) is 23.1 Å². The Labute approximate surface area is 84.3 Å². The molecule has 0 saturated carbocycles. The smallest absolute Gasteiger partial charge is 0.123 e. The van der Waals surface area contributed by atoms with Crippen LogP contribution in [0.15, 0.2) is 24.3 Å². The predicted molar refractivity (Wildman–Crippen MR) is 55.8 cm³/mol. The Morgan fingerprint density at radius 2 is 2.21 bits per heavy atom. The van der Waals surface area contributed by atoms with Gasteiger partial charge in [0.1, 0.15) is 5.82 Å². The highest BCUT2D eigenvalue weighted by molar-refractivity contribution is 5.24. The van der Waals surface area contributed by atoms with Crippen LogP contribution in [0.3, 0.4) is 0 Å². The fourth-order valence-corrected chi connectivity index (χ4v) is 2.23. The normalized spacial score (nSPS) is 25.2. The highest BCUT2D eigenvalue weighted by Crippen LogP contribution is 2.38. The molecule has 1 aliphatic rings. The summed E-state index contributed by atoms with van der Waals surface area (Å²) < 4.78 is 13.1. The van der Waals surface area contributed by atoms with Crippen molar-refractivity contribution >= 4 is 0 Å². The lowest BCUT2D eigenvalue weighted by atomic mass is 9.78. The van der Waals surface area contributed by atoms with Crippen molar-refractivity contribution in [3.8, 4) is 0 Å². The van der Waals surface area contributed by atoms with E-state index in [0.29, 0.717) is 5.92 Å². The first-order valence-electron chi connectivity index (χ1n) is 5.06. The minimum Gasteiger partial charge on any atom is -0.316 e. The summed E-state index contributed by atoms with van der Waals surface area (Å²) >= 11 is 0. The van der Waals surface area contributed by atoms with E-state index in [0.717, 1.165) is 18.7 Å². The van der Waals surface area contributed by atoms with Crippen molar-refractivity contribution in [3.63, 3.8) is 0 Å². The first kappa shape index (κ1) is 9.66. The van der Waals surface area contributed by atoms with Gasteiger partial charge in [-0.25, -0.2) is 4.39 Å². The van der Waals surface area contributed by atoms with Gasteiger partial charge >= 0.3 is 0 Å². The molecular weight excluding hydrogens is 177 g/mol. The molecule has 1 saturated heterocycles. The van der Waals surface area contributed by atoms with Gasteiger partial charge in [0.05, 0.1) is 0 Å². The van der Waals surface area contributed by atoms with E-state index in [-0.39, 0.29) is 11.2 Å². The Kier molecular flexibility index (Phi) is 2.31. The average molecular weight is 193 g/mol. The summed E-state index contributed by atoms with van der Waals surface area (Å²) in [5.41, 5.74) is 1.34. The Morgan fingerprint density at radius 3 is 2.79 bits per heavy atom. The molecule has 1 aliphatic heterocycles. The van der Waals surface area contributed by atoms with E-state index in [2.05, 4.69) is 19.2 Å². The third-order valence-corrected chi connectivity index (χ3v) is 3.12. The average Bonchev–Trinajstić information content (AvgIpc) is 2.45. The molecule has 0 spiro atoms. The van der Waals surface area contributed by atoms with Crippen LogP contribution >= 0.6 is 0 Å². The fraction of sp³-hybridized carbons (Fsp3) is 0.500. The van der Waals surface area contributed by atoms with Gasteiger partial charge in [0, 0.05) is 19.0 Å². The zero-order valence-corrected chi connectivity index (χ0v) is 8.68. The van der Waals surface area contributed by atoms with E-state index < -0.39 is 0 Å². The van der Waals surface area contributed by atoms with Crippen LogP contribution in [0.2, 0.25) is 0 Å². The van der Waals surface area contributed by atoms with E-state index >= 15 is 0 Å². The van der Waals surface area contributed by atoms with Crippen LogP contribution in [0.1, 0.15) is 25.3 Å². The molecule has 1 fully saturated rings. The van der Waals surface area contributed by atoms with Gasteiger partial charge in [0.15, 0.2) is 0 Å². The van der Waals surface area contributed by atoms with Crippen LogP contribution in [-0.4, -0.2) is 13.1 Å². The van der Waals surface area contributed by atoms with Gasteiger partial charge in [-0.2, -0.15) is 0 Å². The van der Waals surface area contributed by atoms with Crippen LogP contribution in [0, 0.1) is 11.2 Å². The third kappa shape index (κ3) is 1.67. The number of halogens is 1. The monoisotopic (exact) mass is 193 g/mol. The van der Waals surface area contributed by atoms with Crippen LogP contribution in [0.4, 0.5) is 4.39 Å². The van der Waals surface area contributed by atoms with Gasteiger partial charge in [0.2, 0.25) is 0 Å². The molecule has 1 N–H and O–H groups in total. The Hall–Kier alpha value is -0.890. The molecule has 0 radical (unpaired) electrons. The quantitative estimate of drug-likeness (QED) is 0.722. The number of hydrogen-bond acceptors (Lipinski definition) is 1. The molecular formula is C12H16FN. The Morgan fingerprint density at radius 1 is 1.43 bits per heavy atom. The summed E-state index contributed by atoms with van der Waals surface area (Å²) in [4.78, 5) is 0.